The van der Waals surface area contributed by atoms with Crippen LogP contribution in [0.3, 0.4) is 0 Å². The average Bonchev–Trinajstić information content (AvgIpc) is 3.24. The van der Waals surface area contributed by atoms with Gasteiger partial charge in [0, 0.05) is 13.0 Å². The lowest BCUT2D eigenvalue weighted by Gasteiger charge is -2.27. The molecule has 6 heteroatoms. The van der Waals surface area contributed by atoms with Crippen molar-refractivity contribution in [1.29, 1.82) is 0 Å². The van der Waals surface area contributed by atoms with Crippen molar-refractivity contribution in [2.24, 2.45) is 5.92 Å². The lowest BCUT2D eigenvalue weighted by Crippen LogP contribution is -3.05. The molecule has 1 aliphatic rings. The van der Waals surface area contributed by atoms with Gasteiger partial charge in [0.05, 0.1) is 31.6 Å². The van der Waals surface area contributed by atoms with Crippen LogP contribution in [-0.4, -0.2) is 49.6 Å². The molecule has 2 unspecified atom stereocenters. The van der Waals surface area contributed by atoms with Crippen LogP contribution in [0, 0.1) is 5.92 Å². The predicted octanol–water partition coefficient (Wildman–Crippen LogP) is 1.23. The monoisotopic (exact) mass is 371 g/mol. The molecule has 2 aromatic rings. The van der Waals surface area contributed by atoms with Crippen molar-refractivity contribution in [3.8, 4) is 0 Å². The number of thiophene rings is 1. The second-order valence-corrected chi connectivity index (χ2v) is 7.80. The van der Waals surface area contributed by atoms with E-state index in [2.05, 4.69) is 14.1 Å². The number of nitrogens with one attached hydrogen (secondary N) is 1. The van der Waals surface area contributed by atoms with Crippen LogP contribution in [0.1, 0.15) is 27.7 Å². The molecule has 136 valence electrons. The summed E-state index contributed by atoms with van der Waals surface area (Å²) < 4.78 is 0. The zero-order chi connectivity index (χ0) is 18.7. The van der Waals surface area contributed by atoms with E-state index >= 15 is 0 Å². The quantitative estimate of drug-likeness (QED) is 0.453. The van der Waals surface area contributed by atoms with Gasteiger partial charge in [-0.2, -0.15) is 0 Å². The number of amides is 1. The Morgan fingerprint density at radius 3 is 2.46 bits per heavy atom. The van der Waals surface area contributed by atoms with Crippen molar-refractivity contribution in [1.82, 2.24) is 4.90 Å². The predicted molar refractivity (Wildman–Crippen MR) is 100 cm³/mol. The molecule has 1 aromatic carbocycles. The molecule has 0 saturated carbocycles. The maximum Gasteiger partial charge on any atom is 0.291 e. The normalized spacial score (nSPS) is 20.2. The highest BCUT2D eigenvalue weighted by atomic mass is 32.1. The Bertz CT molecular complexity index is 787. The summed E-state index contributed by atoms with van der Waals surface area (Å²) in [6.07, 6.45) is 0.782. The number of benzene rings is 1. The van der Waals surface area contributed by atoms with E-state index in [0.29, 0.717) is 11.4 Å². The molecule has 3 rings (SSSR count). The second kappa shape index (κ2) is 7.93. The molecule has 1 aromatic heterocycles. The van der Waals surface area contributed by atoms with Crippen LogP contribution in [0.15, 0.2) is 47.8 Å². The zero-order valence-corrected chi connectivity index (χ0v) is 15.8. The molecule has 0 bridgehead atoms. The Labute approximate surface area is 157 Å². The number of Topliss-reactive ketones (excluding diaryl/α,β-unsaturated/α-hetero) is 2. The zero-order valence-electron chi connectivity index (χ0n) is 15.0. The summed E-state index contributed by atoms with van der Waals surface area (Å²) in [6, 6.07) is 12.4. The second-order valence-electron chi connectivity index (χ2n) is 6.85. The van der Waals surface area contributed by atoms with E-state index in [0.717, 1.165) is 18.5 Å². The van der Waals surface area contributed by atoms with Crippen molar-refractivity contribution in [2.75, 3.05) is 27.2 Å². The maximum atomic E-state index is 13.0. The molecule has 0 radical (unpaired) electrons. The van der Waals surface area contributed by atoms with Gasteiger partial charge in [-0.1, -0.05) is 36.4 Å². The molecule has 1 amide bonds. The third-order valence-corrected chi connectivity index (χ3v) is 5.55. The third kappa shape index (κ3) is 3.61. The topological polar surface area (TPSA) is 58.9 Å². The first-order valence-corrected chi connectivity index (χ1v) is 9.65. The Hall–Kier alpha value is -2.31. The lowest BCUT2D eigenvalue weighted by atomic mass is 9.88. The van der Waals surface area contributed by atoms with Gasteiger partial charge >= 0.3 is 0 Å². The van der Waals surface area contributed by atoms with Gasteiger partial charge in [-0.3, -0.25) is 14.4 Å². The molecular formula is C20H23N2O3S+. The smallest absolute Gasteiger partial charge is 0.291 e. The van der Waals surface area contributed by atoms with E-state index in [4.69, 9.17) is 0 Å². The van der Waals surface area contributed by atoms with Crippen LogP contribution in [0.4, 0.5) is 0 Å². The van der Waals surface area contributed by atoms with Crippen molar-refractivity contribution in [2.45, 2.75) is 12.5 Å². The lowest BCUT2D eigenvalue weighted by molar-refractivity contribution is -0.858. The molecule has 2 atom stereocenters. The highest BCUT2D eigenvalue weighted by Crippen LogP contribution is 2.38. The summed E-state index contributed by atoms with van der Waals surface area (Å²) in [7, 11) is 4.10. The van der Waals surface area contributed by atoms with E-state index in [1.54, 1.807) is 17.0 Å². The van der Waals surface area contributed by atoms with E-state index < -0.39 is 23.7 Å². The number of likely N-dealkylation sites (tertiary alicyclic amines) is 1. The van der Waals surface area contributed by atoms with Crippen LogP contribution in [0.5, 0.6) is 0 Å². The van der Waals surface area contributed by atoms with Crippen molar-refractivity contribution in [3.63, 3.8) is 0 Å². The van der Waals surface area contributed by atoms with Gasteiger partial charge in [-0.25, -0.2) is 0 Å². The maximum absolute atomic E-state index is 13.0. The Morgan fingerprint density at radius 1 is 1.12 bits per heavy atom. The first-order chi connectivity index (χ1) is 12.5. The van der Waals surface area contributed by atoms with Gasteiger partial charge in [0.2, 0.25) is 5.78 Å². The largest absolute Gasteiger partial charge is 0.340 e. The van der Waals surface area contributed by atoms with Crippen molar-refractivity contribution >= 4 is 28.8 Å². The van der Waals surface area contributed by atoms with Gasteiger partial charge in [0.15, 0.2) is 5.78 Å². The van der Waals surface area contributed by atoms with Crippen LogP contribution in [-0.2, 0) is 9.59 Å². The third-order valence-electron chi connectivity index (χ3n) is 4.67. The van der Waals surface area contributed by atoms with Gasteiger partial charge in [0.1, 0.15) is 5.92 Å². The first kappa shape index (κ1) is 18.5. The molecule has 1 saturated heterocycles. The summed E-state index contributed by atoms with van der Waals surface area (Å²) in [5.74, 6) is -2.35. The van der Waals surface area contributed by atoms with E-state index in [1.807, 2.05) is 35.7 Å². The van der Waals surface area contributed by atoms with E-state index in [1.165, 1.54) is 16.2 Å². The number of carbonyl (C=O) groups excluding carboxylic acids is 3. The number of quaternary nitrogens is 1. The number of hydrogen-bond acceptors (Lipinski definition) is 4. The standard InChI is InChI=1S/C20H22N2O3S/c1-21(2)11-7-12-22-17(14-8-4-3-5-9-14)16(19(24)20(22)25)18(23)15-10-6-13-26-15/h3-6,8-10,13,16-17H,7,11-12H2,1-2H3/p+1. The van der Waals surface area contributed by atoms with Crippen molar-refractivity contribution in [3.05, 3.63) is 58.3 Å². The average molecular weight is 371 g/mol. The number of carbonyl (C=O) groups is 3. The van der Waals surface area contributed by atoms with Crippen LogP contribution < -0.4 is 4.90 Å². The summed E-state index contributed by atoms with van der Waals surface area (Å²) in [6.45, 7) is 1.37. The fourth-order valence-electron chi connectivity index (χ4n) is 3.42. The minimum Gasteiger partial charge on any atom is -0.340 e. The number of ketones is 2. The summed E-state index contributed by atoms with van der Waals surface area (Å²) in [5, 5.41) is 1.81. The SMILES string of the molecule is C[NH+](C)CCCN1C(=O)C(=O)C(C(=O)c2cccs2)C1c1ccccc1. The van der Waals surface area contributed by atoms with Crippen LogP contribution >= 0.6 is 11.3 Å². The van der Waals surface area contributed by atoms with Crippen molar-refractivity contribution < 1.29 is 19.3 Å². The van der Waals surface area contributed by atoms with E-state index in [9.17, 15) is 14.4 Å². The molecule has 0 aliphatic carbocycles. The van der Waals surface area contributed by atoms with Crippen LogP contribution in [0.2, 0.25) is 0 Å². The molecule has 1 aliphatic heterocycles. The number of nitrogens with zero attached hydrogens (tertiary/aromatic N) is 1. The molecular weight excluding hydrogens is 348 g/mol. The minimum absolute atomic E-state index is 0.257. The van der Waals surface area contributed by atoms with Gasteiger partial charge in [0.25, 0.3) is 5.91 Å². The Morgan fingerprint density at radius 2 is 1.85 bits per heavy atom. The fourth-order valence-corrected chi connectivity index (χ4v) is 4.13. The Balaban J connectivity index is 1.95. The Kier molecular flexibility index (Phi) is 5.64. The molecule has 0 spiro atoms. The summed E-state index contributed by atoms with van der Waals surface area (Å²) in [5.41, 5.74) is 0.832. The van der Waals surface area contributed by atoms with Gasteiger partial charge in [-0.15, -0.1) is 11.3 Å². The van der Waals surface area contributed by atoms with Gasteiger partial charge < -0.3 is 9.80 Å². The summed E-state index contributed by atoms with van der Waals surface area (Å²) >= 11 is 1.31. The van der Waals surface area contributed by atoms with Gasteiger partial charge in [-0.05, 0) is 17.0 Å². The highest BCUT2D eigenvalue weighted by Gasteiger charge is 2.51. The summed E-state index contributed by atoms with van der Waals surface area (Å²) in [4.78, 5) is 41.8. The highest BCUT2D eigenvalue weighted by molar-refractivity contribution is 7.12. The molecule has 1 N–H and O–H groups in total. The fraction of sp³-hybridized carbons (Fsp3) is 0.350. The molecule has 1 fully saturated rings. The van der Waals surface area contributed by atoms with Crippen LogP contribution in [0.25, 0.3) is 0 Å². The number of hydrogen-bond donors (Lipinski definition) is 1. The number of rotatable bonds is 7. The first-order valence-electron chi connectivity index (χ1n) is 8.77. The van der Waals surface area contributed by atoms with E-state index in [-0.39, 0.29) is 5.78 Å². The minimum atomic E-state index is -0.963. The molecule has 26 heavy (non-hydrogen) atoms. The molecule has 5 nitrogen and oxygen atoms in total. The molecule has 2 heterocycles.